The first-order valence-corrected chi connectivity index (χ1v) is 19.5. The lowest BCUT2D eigenvalue weighted by atomic mass is 9.86. The number of carbonyl (C=O) groups is 3. The number of aliphatic carboxylic acids is 1. The largest absolute Gasteiger partial charge is 0.497 e. The highest BCUT2D eigenvalue weighted by Crippen LogP contribution is 2.44. The number of alkyl halides is 1. The van der Waals surface area contributed by atoms with E-state index in [1.165, 1.54) is 4.90 Å². The first-order chi connectivity index (χ1) is 25.8. The number of aliphatic hydroxyl groups is 1. The number of nitrogens with zero attached hydrogens (tertiary/aromatic N) is 2. The van der Waals surface area contributed by atoms with Gasteiger partial charge in [-0.2, -0.15) is 0 Å². The van der Waals surface area contributed by atoms with Gasteiger partial charge in [0.15, 0.2) is 5.54 Å². The third-order valence-electron chi connectivity index (χ3n) is 10.9. The Morgan fingerprint density at radius 1 is 1.06 bits per heavy atom. The number of aromatic nitrogens is 1. The maximum absolute atomic E-state index is 14.3. The van der Waals surface area contributed by atoms with Crippen LogP contribution < -0.4 is 25.4 Å². The topological polar surface area (TPSA) is 162 Å². The molecule has 0 spiro atoms. The van der Waals surface area contributed by atoms with E-state index in [1.807, 2.05) is 122 Å². The normalized spacial score (nSPS) is 25.1. The van der Waals surface area contributed by atoms with Crippen molar-refractivity contribution in [2.24, 2.45) is 5.41 Å². The molecular formula is C41H46IN5O7. The number of urea groups is 1. The van der Waals surface area contributed by atoms with Crippen LogP contribution in [-0.4, -0.2) is 92.0 Å². The highest BCUT2D eigenvalue weighted by molar-refractivity contribution is 14.1. The van der Waals surface area contributed by atoms with Crippen LogP contribution in [0.3, 0.4) is 0 Å². The Hall–Kier alpha value is -4.47. The number of likely N-dealkylation sites (tertiary alicyclic amines) is 1. The standard InChI is InChI=1S/C41H46IN5O7/c1-40(2,3)35(21-43-36-27-13-9-8-12-24(27)16-32(36)48)45-39(52)47-22-26(18-31(47)37(49)46-41(38(50)51)20-34(41)42)54-33-19-29(23-10-6-5-7-11-23)44-30-17-25(53-4)14-15-28(30)33/h5-15,17,19,26,31-32,34-36,43,48H,16,18,20-22H2,1-4H3,(H,45,52)(H,46,49)(H,50,51)/t26-,31+,32-,34-,35-,36+,41-/m1/s1. The van der Waals surface area contributed by atoms with E-state index in [-0.39, 0.29) is 22.9 Å². The lowest BCUT2D eigenvalue weighted by molar-refractivity contribution is -0.143. The van der Waals surface area contributed by atoms with Crippen LogP contribution in [0.4, 0.5) is 4.79 Å². The number of benzene rings is 3. The Bertz CT molecular complexity index is 2060. The van der Waals surface area contributed by atoms with Gasteiger partial charge in [-0.05, 0) is 35.1 Å². The number of ether oxygens (including phenoxy) is 2. The highest BCUT2D eigenvalue weighted by atomic mass is 127. The zero-order valence-corrected chi connectivity index (χ0v) is 32.9. The Kier molecular flexibility index (Phi) is 10.5. The summed E-state index contributed by atoms with van der Waals surface area (Å²) < 4.78 is 11.9. The van der Waals surface area contributed by atoms with Gasteiger partial charge in [-0.1, -0.05) is 98.0 Å². The van der Waals surface area contributed by atoms with Gasteiger partial charge in [0.25, 0.3) is 0 Å². The highest BCUT2D eigenvalue weighted by Gasteiger charge is 2.61. The number of pyridine rings is 1. The molecule has 12 nitrogen and oxygen atoms in total. The van der Waals surface area contributed by atoms with E-state index < -0.39 is 53.2 Å². The number of nitrogens with one attached hydrogen (secondary N) is 3. The second-order valence-corrected chi connectivity index (χ2v) is 17.1. The summed E-state index contributed by atoms with van der Waals surface area (Å²) >= 11 is 2.04. The SMILES string of the molecule is COc1ccc2c(O[C@@H]3C[C@@H](C(=O)N[C@]4(C(=O)O)C[C@H]4I)N(C(=O)N[C@H](CN[C@H]4c5ccccc5C[C@H]4O)C(C)(C)C)C3)cc(-c3ccccc3)nc2c1. The molecule has 1 saturated heterocycles. The molecule has 0 radical (unpaired) electrons. The molecule has 3 aromatic carbocycles. The smallest absolute Gasteiger partial charge is 0.330 e. The summed E-state index contributed by atoms with van der Waals surface area (Å²) in [7, 11) is 1.59. The van der Waals surface area contributed by atoms with Gasteiger partial charge in [-0.15, -0.1) is 0 Å². The van der Waals surface area contributed by atoms with Crippen LogP contribution in [-0.2, 0) is 16.0 Å². The number of hydrogen-bond donors (Lipinski definition) is 5. The fraction of sp³-hybridized carbons (Fsp3) is 0.415. The fourth-order valence-corrected chi connectivity index (χ4v) is 8.61. The minimum atomic E-state index is -1.38. The van der Waals surface area contributed by atoms with Crippen LogP contribution in [0.1, 0.15) is 50.8 Å². The molecule has 7 rings (SSSR count). The Morgan fingerprint density at radius 3 is 2.46 bits per heavy atom. The zero-order chi connectivity index (χ0) is 38.4. The molecule has 2 fully saturated rings. The number of methoxy groups -OCH3 is 1. The fourth-order valence-electron chi connectivity index (χ4n) is 7.49. The molecule has 54 heavy (non-hydrogen) atoms. The van der Waals surface area contributed by atoms with Crippen molar-refractivity contribution in [2.75, 3.05) is 20.2 Å². The second kappa shape index (κ2) is 15.0. The van der Waals surface area contributed by atoms with Crippen molar-refractivity contribution in [3.8, 4) is 22.8 Å². The van der Waals surface area contributed by atoms with Crippen molar-refractivity contribution >= 4 is 51.4 Å². The number of hydrogen-bond acceptors (Lipinski definition) is 8. The van der Waals surface area contributed by atoms with Gasteiger partial charge in [0, 0.05) is 52.4 Å². The monoisotopic (exact) mass is 847 g/mol. The molecule has 1 saturated carbocycles. The number of carboxylic acid groups (broad SMARTS) is 1. The lowest BCUT2D eigenvalue weighted by Crippen LogP contribution is -2.58. The van der Waals surface area contributed by atoms with Crippen LogP contribution in [0, 0.1) is 5.41 Å². The Balaban J connectivity index is 1.16. The number of amides is 3. The molecule has 1 aliphatic heterocycles. The molecular weight excluding hydrogens is 801 g/mol. The summed E-state index contributed by atoms with van der Waals surface area (Å²) in [5, 5.41) is 31.1. The summed E-state index contributed by atoms with van der Waals surface area (Å²) in [5.41, 5.74) is 2.60. The summed E-state index contributed by atoms with van der Waals surface area (Å²) in [6, 6.07) is 22.9. The maximum Gasteiger partial charge on any atom is 0.330 e. The second-order valence-electron chi connectivity index (χ2n) is 15.6. The number of carboxylic acids is 1. The molecule has 3 amide bonds. The van der Waals surface area contributed by atoms with Gasteiger partial charge in [-0.25, -0.2) is 14.6 Å². The summed E-state index contributed by atoms with van der Waals surface area (Å²) in [6.07, 6.45) is -0.201. The number of aliphatic hydroxyl groups excluding tert-OH is 1. The van der Waals surface area contributed by atoms with E-state index in [0.29, 0.717) is 42.1 Å². The average molecular weight is 848 g/mol. The van der Waals surface area contributed by atoms with Gasteiger partial charge < -0.3 is 40.5 Å². The molecule has 0 unspecified atom stereocenters. The van der Waals surface area contributed by atoms with Crippen molar-refractivity contribution in [1.82, 2.24) is 25.8 Å². The molecule has 0 bridgehead atoms. The number of fused-ring (bicyclic) bond motifs is 2. The number of rotatable bonds is 11. The summed E-state index contributed by atoms with van der Waals surface area (Å²) in [6.45, 7) is 6.52. The summed E-state index contributed by atoms with van der Waals surface area (Å²) in [4.78, 5) is 46.9. The number of halogens is 1. The van der Waals surface area contributed by atoms with E-state index in [2.05, 4.69) is 16.0 Å². The minimum absolute atomic E-state index is 0.0807. The van der Waals surface area contributed by atoms with E-state index in [0.717, 1.165) is 22.1 Å². The third kappa shape index (κ3) is 7.58. The van der Waals surface area contributed by atoms with Crippen molar-refractivity contribution in [3.63, 3.8) is 0 Å². The Morgan fingerprint density at radius 2 is 1.78 bits per heavy atom. The van der Waals surface area contributed by atoms with Crippen molar-refractivity contribution in [1.29, 1.82) is 0 Å². The lowest BCUT2D eigenvalue weighted by Gasteiger charge is -2.35. The van der Waals surface area contributed by atoms with Crippen LogP contribution >= 0.6 is 22.6 Å². The van der Waals surface area contributed by atoms with Crippen LogP contribution in [0.5, 0.6) is 11.5 Å². The van der Waals surface area contributed by atoms with Crippen molar-refractivity contribution in [2.45, 2.75) is 79.8 Å². The molecule has 1 aromatic heterocycles. The van der Waals surface area contributed by atoms with E-state index in [9.17, 15) is 24.6 Å². The molecule has 284 valence electrons. The molecule has 2 heterocycles. The Labute approximate surface area is 328 Å². The average Bonchev–Trinajstić information content (AvgIpc) is 3.45. The van der Waals surface area contributed by atoms with E-state index >= 15 is 0 Å². The minimum Gasteiger partial charge on any atom is -0.497 e. The van der Waals surface area contributed by atoms with Gasteiger partial charge in [-0.3, -0.25) is 4.79 Å². The predicted molar refractivity (Wildman–Crippen MR) is 213 cm³/mol. The van der Waals surface area contributed by atoms with Gasteiger partial charge >= 0.3 is 12.0 Å². The molecule has 3 aliphatic rings. The van der Waals surface area contributed by atoms with Gasteiger partial charge in [0.1, 0.15) is 23.6 Å². The molecule has 2 aliphatic carbocycles. The molecule has 13 heteroatoms. The first kappa shape index (κ1) is 37.8. The molecule has 5 N–H and O–H groups in total. The quantitative estimate of drug-likeness (QED) is 0.100. The molecule has 7 atom stereocenters. The van der Waals surface area contributed by atoms with E-state index in [4.69, 9.17) is 14.5 Å². The van der Waals surface area contributed by atoms with Gasteiger partial charge in [0.05, 0.1) is 37.0 Å². The predicted octanol–water partition coefficient (Wildman–Crippen LogP) is 5.25. The maximum atomic E-state index is 14.3. The van der Waals surface area contributed by atoms with Crippen LogP contribution in [0.2, 0.25) is 0 Å². The van der Waals surface area contributed by atoms with Crippen molar-refractivity contribution in [3.05, 3.63) is 90.0 Å². The third-order valence-corrected chi connectivity index (χ3v) is 12.4. The van der Waals surface area contributed by atoms with Crippen LogP contribution in [0.15, 0.2) is 78.9 Å². The first-order valence-electron chi connectivity index (χ1n) is 18.2. The number of carbonyl (C=O) groups excluding carboxylic acids is 2. The van der Waals surface area contributed by atoms with Gasteiger partial charge in [0.2, 0.25) is 5.91 Å². The van der Waals surface area contributed by atoms with Crippen LogP contribution in [0.25, 0.3) is 22.2 Å². The summed E-state index contributed by atoms with van der Waals surface area (Å²) in [5.74, 6) is -0.458. The van der Waals surface area contributed by atoms with E-state index in [1.54, 1.807) is 7.11 Å². The molecule has 4 aromatic rings. The van der Waals surface area contributed by atoms with Crippen molar-refractivity contribution < 1.29 is 34.1 Å². The zero-order valence-electron chi connectivity index (χ0n) is 30.7.